The Morgan fingerprint density at radius 3 is 2.36 bits per heavy atom. The van der Waals surface area contributed by atoms with Crippen molar-refractivity contribution in [3.8, 4) is 0 Å². The standard InChI is InChI=1S/C16H24BNO4/c1-11-7-8-12(9-13(11)18-14(19)10-20-6)17-21-15(2,3)16(4,5)22-17/h7-9H,10H2,1-6H3,(H,18,19). The van der Waals surface area contributed by atoms with E-state index in [1.165, 1.54) is 7.11 Å². The Morgan fingerprint density at radius 1 is 1.23 bits per heavy atom. The molecule has 0 atom stereocenters. The number of benzene rings is 1. The summed E-state index contributed by atoms with van der Waals surface area (Å²) in [6.45, 7) is 10.0. The minimum atomic E-state index is -0.441. The second-order valence-electron chi connectivity index (χ2n) is 6.64. The highest BCUT2D eigenvalue weighted by Crippen LogP contribution is 2.36. The lowest BCUT2D eigenvalue weighted by Gasteiger charge is -2.32. The highest BCUT2D eigenvalue weighted by Gasteiger charge is 2.51. The molecule has 0 saturated carbocycles. The minimum absolute atomic E-state index is 0.0279. The summed E-state index contributed by atoms with van der Waals surface area (Å²) in [6, 6.07) is 5.80. The van der Waals surface area contributed by atoms with Crippen LogP contribution >= 0.6 is 0 Å². The van der Waals surface area contributed by atoms with Gasteiger partial charge >= 0.3 is 7.12 Å². The Kier molecular flexibility index (Phi) is 4.66. The number of anilines is 1. The maximum Gasteiger partial charge on any atom is 0.494 e. The van der Waals surface area contributed by atoms with Crippen LogP contribution in [0.4, 0.5) is 5.69 Å². The molecule has 2 rings (SSSR count). The molecule has 120 valence electrons. The van der Waals surface area contributed by atoms with Gasteiger partial charge in [0.1, 0.15) is 6.61 Å². The molecular formula is C16H24BNO4. The molecule has 1 saturated heterocycles. The van der Waals surface area contributed by atoms with Crippen molar-refractivity contribution in [3.05, 3.63) is 23.8 Å². The first-order valence-electron chi connectivity index (χ1n) is 7.41. The molecule has 1 aromatic carbocycles. The van der Waals surface area contributed by atoms with Crippen LogP contribution in [0.25, 0.3) is 0 Å². The highest BCUT2D eigenvalue weighted by molar-refractivity contribution is 6.62. The van der Waals surface area contributed by atoms with E-state index in [4.69, 9.17) is 14.0 Å². The molecule has 22 heavy (non-hydrogen) atoms. The van der Waals surface area contributed by atoms with Crippen molar-refractivity contribution >= 4 is 24.2 Å². The lowest BCUT2D eigenvalue weighted by Crippen LogP contribution is -2.41. The van der Waals surface area contributed by atoms with E-state index in [2.05, 4.69) is 5.32 Å². The van der Waals surface area contributed by atoms with Crippen LogP contribution in [-0.2, 0) is 18.8 Å². The third kappa shape index (κ3) is 3.34. The summed E-state index contributed by atoms with van der Waals surface area (Å²) in [5.74, 6) is -0.184. The van der Waals surface area contributed by atoms with Crippen LogP contribution in [0.15, 0.2) is 18.2 Å². The number of carbonyl (C=O) groups is 1. The number of aryl methyl sites for hydroxylation is 1. The quantitative estimate of drug-likeness (QED) is 0.863. The van der Waals surface area contributed by atoms with Crippen molar-refractivity contribution in [1.29, 1.82) is 0 Å². The first-order valence-corrected chi connectivity index (χ1v) is 7.41. The molecule has 1 N–H and O–H groups in total. The summed E-state index contributed by atoms with van der Waals surface area (Å²) in [5.41, 5.74) is 1.83. The van der Waals surface area contributed by atoms with E-state index in [0.29, 0.717) is 0 Å². The summed E-state index contributed by atoms with van der Waals surface area (Å²) in [6.07, 6.45) is 0. The number of ether oxygens (including phenoxy) is 1. The maximum absolute atomic E-state index is 11.7. The average molecular weight is 305 g/mol. The minimum Gasteiger partial charge on any atom is -0.399 e. The van der Waals surface area contributed by atoms with E-state index in [1.807, 2.05) is 52.8 Å². The van der Waals surface area contributed by atoms with Crippen molar-refractivity contribution < 1.29 is 18.8 Å². The van der Waals surface area contributed by atoms with E-state index in [9.17, 15) is 4.79 Å². The van der Waals surface area contributed by atoms with Crippen molar-refractivity contribution in [2.75, 3.05) is 19.0 Å². The van der Waals surface area contributed by atoms with Crippen molar-refractivity contribution in [3.63, 3.8) is 0 Å². The Labute approximate surface area is 132 Å². The van der Waals surface area contributed by atoms with Crippen LogP contribution in [0.5, 0.6) is 0 Å². The van der Waals surface area contributed by atoms with E-state index < -0.39 is 7.12 Å². The molecule has 1 amide bonds. The molecule has 1 heterocycles. The molecule has 0 unspecified atom stereocenters. The molecule has 1 aliphatic rings. The number of methoxy groups -OCH3 is 1. The first kappa shape index (κ1) is 17.0. The molecule has 1 aliphatic heterocycles. The molecule has 0 bridgehead atoms. The summed E-state index contributed by atoms with van der Waals surface area (Å²) in [7, 11) is 1.05. The van der Waals surface area contributed by atoms with Gasteiger partial charge in [0.25, 0.3) is 0 Å². The molecule has 0 spiro atoms. The van der Waals surface area contributed by atoms with Gasteiger partial charge in [-0.3, -0.25) is 4.79 Å². The van der Waals surface area contributed by atoms with E-state index >= 15 is 0 Å². The van der Waals surface area contributed by atoms with Crippen LogP contribution in [-0.4, -0.2) is 37.9 Å². The third-order valence-electron chi connectivity index (χ3n) is 4.34. The molecule has 0 aromatic heterocycles. The summed E-state index contributed by atoms with van der Waals surface area (Å²) in [5, 5.41) is 2.84. The molecule has 0 aliphatic carbocycles. The number of nitrogens with one attached hydrogen (secondary N) is 1. The molecule has 5 nitrogen and oxygen atoms in total. The predicted octanol–water partition coefficient (Wildman–Crippen LogP) is 1.88. The fourth-order valence-electron chi connectivity index (χ4n) is 2.22. The van der Waals surface area contributed by atoms with Gasteiger partial charge in [0.05, 0.1) is 11.2 Å². The SMILES string of the molecule is COCC(=O)Nc1cc(B2OC(C)(C)C(C)(C)O2)ccc1C. The van der Waals surface area contributed by atoms with Gasteiger partial charge in [-0.15, -0.1) is 0 Å². The Bertz CT molecular complexity index is 555. The van der Waals surface area contributed by atoms with Crippen molar-refractivity contribution in [2.45, 2.75) is 45.8 Å². The average Bonchev–Trinajstić information content (AvgIpc) is 2.61. The van der Waals surface area contributed by atoms with Crippen LogP contribution in [0.1, 0.15) is 33.3 Å². The summed E-state index contributed by atoms with van der Waals surface area (Å²) >= 11 is 0. The summed E-state index contributed by atoms with van der Waals surface area (Å²) in [4.78, 5) is 11.7. The number of hydrogen-bond acceptors (Lipinski definition) is 4. The van der Waals surface area contributed by atoms with E-state index in [0.717, 1.165) is 16.7 Å². The number of carbonyl (C=O) groups excluding carboxylic acids is 1. The first-order chi connectivity index (χ1) is 10.2. The molecule has 6 heteroatoms. The van der Waals surface area contributed by atoms with E-state index in [1.54, 1.807) is 0 Å². The lowest BCUT2D eigenvalue weighted by atomic mass is 9.78. The normalized spacial score (nSPS) is 19.3. The zero-order valence-electron chi connectivity index (χ0n) is 14.1. The number of rotatable bonds is 4. The van der Waals surface area contributed by atoms with Gasteiger partial charge in [-0.25, -0.2) is 0 Å². The van der Waals surface area contributed by atoms with Gasteiger partial charge in [0, 0.05) is 12.8 Å². The highest BCUT2D eigenvalue weighted by atomic mass is 16.7. The fourth-order valence-corrected chi connectivity index (χ4v) is 2.22. The Hall–Kier alpha value is -1.37. The third-order valence-corrected chi connectivity index (χ3v) is 4.34. The van der Waals surface area contributed by atoms with Gasteiger partial charge in [-0.2, -0.15) is 0 Å². The fraction of sp³-hybridized carbons (Fsp3) is 0.562. The smallest absolute Gasteiger partial charge is 0.399 e. The van der Waals surface area contributed by atoms with Gasteiger partial charge in [0.15, 0.2) is 0 Å². The maximum atomic E-state index is 11.7. The molecule has 1 aromatic rings. The zero-order chi connectivity index (χ0) is 16.5. The second-order valence-corrected chi connectivity index (χ2v) is 6.64. The number of amides is 1. The predicted molar refractivity (Wildman–Crippen MR) is 87.4 cm³/mol. The monoisotopic (exact) mass is 305 g/mol. The Morgan fingerprint density at radius 2 is 1.82 bits per heavy atom. The summed E-state index contributed by atoms with van der Waals surface area (Å²) < 4.78 is 16.9. The topological polar surface area (TPSA) is 56.8 Å². The lowest BCUT2D eigenvalue weighted by molar-refractivity contribution is -0.119. The zero-order valence-corrected chi connectivity index (χ0v) is 14.1. The van der Waals surface area contributed by atoms with Crippen LogP contribution in [0, 0.1) is 6.92 Å². The molecule has 0 radical (unpaired) electrons. The number of hydrogen-bond donors (Lipinski definition) is 1. The van der Waals surface area contributed by atoms with Crippen molar-refractivity contribution in [2.24, 2.45) is 0 Å². The van der Waals surface area contributed by atoms with Gasteiger partial charge < -0.3 is 19.4 Å². The molecule has 1 fully saturated rings. The van der Waals surface area contributed by atoms with Gasteiger partial charge in [-0.1, -0.05) is 12.1 Å². The van der Waals surface area contributed by atoms with Crippen molar-refractivity contribution in [1.82, 2.24) is 0 Å². The van der Waals surface area contributed by atoms with Crippen LogP contribution in [0.2, 0.25) is 0 Å². The van der Waals surface area contributed by atoms with Crippen LogP contribution in [0.3, 0.4) is 0 Å². The second kappa shape index (κ2) is 6.03. The largest absolute Gasteiger partial charge is 0.494 e. The van der Waals surface area contributed by atoms with Gasteiger partial charge in [-0.05, 0) is 51.7 Å². The molecular weight excluding hydrogens is 281 g/mol. The Balaban J connectivity index is 2.22. The van der Waals surface area contributed by atoms with Gasteiger partial charge in [0.2, 0.25) is 5.91 Å². The van der Waals surface area contributed by atoms with E-state index in [-0.39, 0.29) is 23.7 Å². The van der Waals surface area contributed by atoms with Crippen LogP contribution < -0.4 is 10.8 Å².